The van der Waals surface area contributed by atoms with Crippen molar-refractivity contribution in [3.05, 3.63) is 57.2 Å². The van der Waals surface area contributed by atoms with E-state index >= 15 is 0 Å². The van der Waals surface area contributed by atoms with Crippen molar-refractivity contribution < 1.29 is 0 Å². The number of hydrogen-bond donors (Lipinski definition) is 1. The molecule has 106 valence electrons. The lowest BCUT2D eigenvalue weighted by Gasteiger charge is -2.30. The highest BCUT2D eigenvalue weighted by Crippen LogP contribution is 2.38. The zero-order valence-electron chi connectivity index (χ0n) is 11.3. The first-order chi connectivity index (χ1) is 9.78. The monoisotopic (exact) mass is 306 g/mol. The minimum absolute atomic E-state index is 0.278. The van der Waals surface area contributed by atoms with Gasteiger partial charge < -0.3 is 5.73 Å². The van der Waals surface area contributed by atoms with Crippen molar-refractivity contribution in [2.24, 2.45) is 5.73 Å². The minimum atomic E-state index is 0.278. The second-order valence-electron chi connectivity index (χ2n) is 5.28. The number of halogens is 1. The Balaban J connectivity index is 1.81. The van der Waals surface area contributed by atoms with E-state index in [9.17, 15) is 0 Å². The second kappa shape index (κ2) is 6.27. The van der Waals surface area contributed by atoms with Crippen molar-refractivity contribution >= 4 is 22.9 Å². The summed E-state index contributed by atoms with van der Waals surface area (Å²) in [5, 5.41) is 0. The molecule has 0 saturated heterocycles. The van der Waals surface area contributed by atoms with Gasteiger partial charge in [0.25, 0.3) is 0 Å². The summed E-state index contributed by atoms with van der Waals surface area (Å²) in [5.41, 5.74) is 7.40. The third kappa shape index (κ3) is 3.23. The lowest BCUT2D eigenvalue weighted by atomic mass is 10.1. The van der Waals surface area contributed by atoms with Gasteiger partial charge in [-0.25, -0.2) is 0 Å². The van der Waals surface area contributed by atoms with E-state index in [2.05, 4.69) is 41.3 Å². The summed E-state index contributed by atoms with van der Waals surface area (Å²) in [5.74, 6) is 0. The SMILES string of the molecule is NCC(c1ccc(Cl)s1)N(Cc1ccccc1)C1CC1. The molecule has 0 amide bonds. The van der Waals surface area contributed by atoms with E-state index in [1.165, 1.54) is 23.3 Å². The Bertz CT molecular complexity index is 551. The van der Waals surface area contributed by atoms with E-state index in [4.69, 9.17) is 17.3 Å². The predicted molar refractivity (Wildman–Crippen MR) is 86.1 cm³/mol. The smallest absolute Gasteiger partial charge is 0.0931 e. The molecule has 1 aliphatic carbocycles. The first-order valence-corrected chi connectivity index (χ1v) is 8.22. The maximum absolute atomic E-state index is 6.08. The molecule has 0 radical (unpaired) electrons. The molecule has 1 saturated carbocycles. The maximum atomic E-state index is 6.08. The van der Waals surface area contributed by atoms with Crippen LogP contribution in [-0.4, -0.2) is 17.5 Å². The molecule has 2 nitrogen and oxygen atoms in total. The number of hydrogen-bond acceptors (Lipinski definition) is 3. The van der Waals surface area contributed by atoms with Gasteiger partial charge in [-0.2, -0.15) is 0 Å². The average Bonchev–Trinajstić information content (AvgIpc) is 3.23. The van der Waals surface area contributed by atoms with Crippen LogP contribution < -0.4 is 5.73 Å². The second-order valence-corrected chi connectivity index (χ2v) is 7.03. The number of rotatable bonds is 6. The summed E-state index contributed by atoms with van der Waals surface area (Å²) in [6, 6.07) is 15.7. The molecule has 0 bridgehead atoms. The van der Waals surface area contributed by atoms with Crippen LogP contribution in [-0.2, 0) is 6.54 Å². The quantitative estimate of drug-likeness (QED) is 0.872. The molecular formula is C16H19ClN2S. The van der Waals surface area contributed by atoms with E-state index < -0.39 is 0 Å². The summed E-state index contributed by atoms with van der Waals surface area (Å²) in [6.07, 6.45) is 2.56. The highest BCUT2D eigenvalue weighted by Gasteiger charge is 2.34. The molecular weight excluding hydrogens is 288 g/mol. The Morgan fingerprint density at radius 3 is 2.50 bits per heavy atom. The minimum Gasteiger partial charge on any atom is -0.329 e. The fourth-order valence-electron chi connectivity index (χ4n) is 2.62. The number of nitrogens with two attached hydrogens (primary N) is 1. The molecule has 1 fully saturated rings. The van der Waals surface area contributed by atoms with Gasteiger partial charge in [0, 0.05) is 24.0 Å². The Kier molecular flexibility index (Phi) is 4.41. The van der Waals surface area contributed by atoms with Crippen LogP contribution in [0.15, 0.2) is 42.5 Å². The third-order valence-corrected chi connectivity index (χ3v) is 5.10. The standard InChI is InChI=1S/C16H19ClN2S/c17-16-9-8-15(20-16)14(10-18)19(13-6-7-13)11-12-4-2-1-3-5-12/h1-5,8-9,13-14H,6-7,10-11,18H2. The van der Waals surface area contributed by atoms with Gasteiger partial charge in [0.2, 0.25) is 0 Å². The van der Waals surface area contributed by atoms with Crippen molar-refractivity contribution in [2.45, 2.75) is 31.5 Å². The maximum Gasteiger partial charge on any atom is 0.0931 e. The third-order valence-electron chi connectivity index (χ3n) is 3.77. The van der Waals surface area contributed by atoms with E-state index in [1.807, 2.05) is 6.07 Å². The average molecular weight is 307 g/mol. The fraction of sp³-hybridized carbons (Fsp3) is 0.375. The van der Waals surface area contributed by atoms with Gasteiger partial charge in [0.1, 0.15) is 0 Å². The Morgan fingerprint density at radius 2 is 1.95 bits per heavy atom. The molecule has 1 heterocycles. The number of thiophene rings is 1. The van der Waals surface area contributed by atoms with Crippen LogP contribution in [0.2, 0.25) is 4.34 Å². The summed E-state index contributed by atoms with van der Waals surface area (Å²) in [4.78, 5) is 3.82. The first kappa shape index (κ1) is 14.1. The van der Waals surface area contributed by atoms with Crippen LogP contribution in [0.5, 0.6) is 0 Å². The predicted octanol–water partition coefficient (Wildman–Crippen LogP) is 4.07. The molecule has 1 unspecified atom stereocenters. The molecule has 20 heavy (non-hydrogen) atoms. The molecule has 4 heteroatoms. The van der Waals surface area contributed by atoms with Gasteiger partial charge in [-0.05, 0) is 30.5 Å². The molecule has 2 N–H and O–H groups in total. The zero-order chi connectivity index (χ0) is 13.9. The van der Waals surface area contributed by atoms with Crippen LogP contribution in [0.4, 0.5) is 0 Å². The highest BCUT2D eigenvalue weighted by atomic mass is 35.5. The molecule has 1 aliphatic rings. The zero-order valence-corrected chi connectivity index (χ0v) is 12.9. The molecule has 1 atom stereocenters. The van der Waals surface area contributed by atoms with E-state index in [0.717, 1.165) is 10.9 Å². The van der Waals surface area contributed by atoms with Gasteiger partial charge in [0.05, 0.1) is 10.4 Å². The number of benzene rings is 1. The molecule has 0 aliphatic heterocycles. The fourth-order valence-corrected chi connectivity index (χ4v) is 3.81. The number of nitrogens with zero attached hydrogens (tertiary/aromatic N) is 1. The summed E-state index contributed by atoms with van der Waals surface area (Å²) < 4.78 is 0.842. The lowest BCUT2D eigenvalue weighted by molar-refractivity contribution is 0.184. The van der Waals surface area contributed by atoms with Crippen LogP contribution in [0.25, 0.3) is 0 Å². The first-order valence-electron chi connectivity index (χ1n) is 7.03. The molecule has 3 rings (SSSR count). The summed E-state index contributed by atoms with van der Waals surface area (Å²) >= 11 is 7.73. The largest absolute Gasteiger partial charge is 0.329 e. The van der Waals surface area contributed by atoms with E-state index in [1.54, 1.807) is 11.3 Å². The van der Waals surface area contributed by atoms with Crippen molar-refractivity contribution in [2.75, 3.05) is 6.54 Å². The Labute approximate surface area is 129 Å². The van der Waals surface area contributed by atoms with E-state index in [0.29, 0.717) is 12.6 Å². The van der Waals surface area contributed by atoms with Crippen molar-refractivity contribution in [1.82, 2.24) is 4.90 Å². The van der Waals surface area contributed by atoms with E-state index in [-0.39, 0.29) is 6.04 Å². The van der Waals surface area contributed by atoms with Crippen LogP contribution in [0, 0.1) is 0 Å². The highest BCUT2D eigenvalue weighted by molar-refractivity contribution is 7.16. The molecule has 2 aromatic rings. The summed E-state index contributed by atoms with van der Waals surface area (Å²) in [7, 11) is 0. The van der Waals surface area contributed by atoms with Gasteiger partial charge in [-0.15, -0.1) is 11.3 Å². The van der Waals surface area contributed by atoms with Crippen molar-refractivity contribution in [3.8, 4) is 0 Å². The topological polar surface area (TPSA) is 29.3 Å². The van der Waals surface area contributed by atoms with Crippen LogP contribution >= 0.6 is 22.9 Å². The van der Waals surface area contributed by atoms with Crippen molar-refractivity contribution in [1.29, 1.82) is 0 Å². The van der Waals surface area contributed by atoms with Gasteiger partial charge in [0.15, 0.2) is 0 Å². The van der Waals surface area contributed by atoms with Crippen molar-refractivity contribution in [3.63, 3.8) is 0 Å². The summed E-state index contributed by atoms with van der Waals surface area (Å²) in [6.45, 7) is 1.60. The van der Waals surface area contributed by atoms with Crippen LogP contribution in [0.1, 0.15) is 29.3 Å². The normalized spacial score (nSPS) is 16.6. The Morgan fingerprint density at radius 1 is 1.20 bits per heavy atom. The molecule has 0 spiro atoms. The lowest BCUT2D eigenvalue weighted by Crippen LogP contribution is -2.34. The Hall–Kier alpha value is -0.870. The van der Waals surface area contributed by atoms with Gasteiger partial charge in [-0.1, -0.05) is 41.9 Å². The van der Waals surface area contributed by atoms with Crippen LogP contribution in [0.3, 0.4) is 0 Å². The van der Waals surface area contributed by atoms with Gasteiger partial charge in [-0.3, -0.25) is 4.90 Å². The molecule has 1 aromatic heterocycles. The van der Waals surface area contributed by atoms with Gasteiger partial charge >= 0.3 is 0 Å². The molecule has 1 aromatic carbocycles.